The molecule has 50 heavy (non-hydrogen) atoms. The highest BCUT2D eigenvalue weighted by atomic mass is 16.7. The van der Waals surface area contributed by atoms with Crippen LogP contribution in [0.1, 0.15) is 84.5 Å². The Morgan fingerprint density at radius 1 is 0.660 bits per heavy atom. The summed E-state index contributed by atoms with van der Waals surface area (Å²) in [5, 5.41) is 70.9. The first-order valence-electron chi connectivity index (χ1n) is 18.1. The molecule has 2 heterocycles. The fourth-order valence-electron chi connectivity index (χ4n) is 5.39. The molecule has 0 saturated carbocycles. The SMILES string of the molecule is CC/C=C\C/C=C\C/C=C\CCCCCCCCOCC(COC1OC(COC2OC(CO)C(O)C(O)C2O)C(O)C(O)C1O)OC(=O)CC. The van der Waals surface area contributed by atoms with Crippen molar-refractivity contribution in [3.8, 4) is 0 Å². The van der Waals surface area contributed by atoms with Gasteiger partial charge in [0.15, 0.2) is 12.6 Å². The molecule has 2 saturated heterocycles. The molecule has 0 aromatic rings. The predicted molar refractivity (Wildman–Crippen MR) is 183 cm³/mol. The summed E-state index contributed by atoms with van der Waals surface area (Å²) in [6.45, 7) is 2.91. The van der Waals surface area contributed by atoms with Crippen molar-refractivity contribution >= 4 is 5.97 Å². The van der Waals surface area contributed by atoms with Gasteiger partial charge < -0.3 is 64.2 Å². The molecular formula is C36H62O14. The van der Waals surface area contributed by atoms with Crippen molar-refractivity contribution in [2.24, 2.45) is 0 Å². The van der Waals surface area contributed by atoms with Crippen LogP contribution in [0, 0.1) is 0 Å². The zero-order valence-electron chi connectivity index (χ0n) is 29.6. The molecule has 2 fully saturated rings. The maximum Gasteiger partial charge on any atom is 0.305 e. The van der Waals surface area contributed by atoms with E-state index in [-0.39, 0.29) is 19.6 Å². The number of hydrogen-bond acceptors (Lipinski definition) is 14. The Balaban J connectivity index is 1.69. The maximum absolute atomic E-state index is 12.0. The van der Waals surface area contributed by atoms with Crippen LogP contribution >= 0.6 is 0 Å². The molecule has 0 amide bonds. The molecule has 290 valence electrons. The second-order valence-corrected chi connectivity index (χ2v) is 12.6. The van der Waals surface area contributed by atoms with Gasteiger partial charge in [-0.05, 0) is 38.5 Å². The van der Waals surface area contributed by atoms with Crippen LogP contribution in [0.25, 0.3) is 0 Å². The molecule has 2 aliphatic rings. The van der Waals surface area contributed by atoms with E-state index >= 15 is 0 Å². The van der Waals surface area contributed by atoms with Crippen LogP contribution in [0.4, 0.5) is 0 Å². The van der Waals surface area contributed by atoms with Crippen molar-refractivity contribution in [3.05, 3.63) is 36.5 Å². The number of hydrogen-bond donors (Lipinski definition) is 7. The maximum atomic E-state index is 12.0. The van der Waals surface area contributed by atoms with Crippen molar-refractivity contribution in [1.29, 1.82) is 0 Å². The molecule has 14 nitrogen and oxygen atoms in total. The summed E-state index contributed by atoms with van der Waals surface area (Å²) >= 11 is 0. The van der Waals surface area contributed by atoms with Crippen molar-refractivity contribution in [1.82, 2.24) is 0 Å². The number of rotatable bonds is 25. The quantitative estimate of drug-likeness (QED) is 0.0406. The predicted octanol–water partition coefficient (Wildman–Crippen LogP) is 1.55. The molecule has 14 heteroatoms. The Hall–Kier alpha value is -1.79. The Morgan fingerprint density at radius 2 is 1.22 bits per heavy atom. The molecule has 0 spiro atoms. The zero-order chi connectivity index (χ0) is 36.7. The van der Waals surface area contributed by atoms with E-state index < -0.39 is 86.7 Å². The zero-order valence-corrected chi connectivity index (χ0v) is 29.6. The van der Waals surface area contributed by atoms with Gasteiger partial charge >= 0.3 is 5.97 Å². The minimum Gasteiger partial charge on any atom is -0.457 e. The Bertz CT molecular complexity index is 974. The van der Waals surface area contributed by atoms with Crippen LogP contribution in [-0.4, -0.2) is 142 Å². The van der Waals surface area contributed by atoms with Gasteiger partial charge in [-0.2, -0.15) is 0 Å². The van der Waals surface area contributed by atoms with Crippen LogP contribution in [-0.2, 0) is 33.2 Å². The van der Waals surface area contributed by atoms with Gasteiger partial charge in [0, 0.05) is 13.0 Å². The topological polar surface area (TPSA) is 214 Å². The summed E-state index contributed by atoms with van der Waals surface area (Å²) in [5.41, 5.74) is 0. The molecule has 2 aliphatic heterocycles. The van der Waals surface area contributed by atoms with Crippen LogP contribution in [0.2, 0.25) is 0 Å². The molecule has 0 aromatic heterocycles. The number of carbonyl (C=O) groups excluding carboxylic acids is 1. The summed E-state index contributed by atoms with van der Waals surface area (Å²) in [7, 11) is 0. The summed E-state index contributed by atoms with van der Waals surface area (Å²) in [5.74, 6) is -0.472. The van der Waals surface area contributed by atoms with Crippen molar-refractivity contribution in [3.63, 3.8) is 0 Å². The summed E-state index contributed by atoms with van der Waals surface area (Å²) in [6, 6.07) is 0. The van der Waals surface area contributed by atoms with Gasteiger partial charge in [0.1, 0.15) is 54.9 Å². The van der Waals surface area contributed by atoms with Crippen molar-refractivity contribution in [2.45, 2.75) is 152 Å². The van der Waals surface area contributed by atoms with Gasteiger partial charge in [-0.3, -0.25) is 4.79 Å². The number of aliphatic hydroxyl groups excluding tert-OH is 7. The van der Waals surface area contributed by atoms with Crippen molar-refractivity contribution in [2.75, 3.05) is 33.0 Å². The number of esters is 1. The molecule has 2 rings (SSSR count). The number of allylic oxidation sites excluding steroid dienone is 6. The standard InChI is InChI=1S/C36H62O14/c1-3-5-6-7-8-9-10-11-12-13-14-15-16-17-18-19-20-45-22-25(48-28(38)4-2)23-46-35-34(44)32(42)30(40)27(50-35)24-47-36-33(43)31(41)29(39)26(21-37)49-36/h5-6,8-9,11-12,25-27,29-37,39-44H,3-4,7,10,13-24H2,1-2H3/b6-5-,9-8-,12-11-. The number of aliphatic hydroxyl groups is 7. The van der Waals surface area contributed by atoms with Gasteiger partial charge in [0.25, 0.3) is 0 Å². The van der Waals surface area contributed by atoms with E-state index in [4.69, 9.17) is 28.4 Å². The van der Waals surface area contributed by atoms with E-state index in [0.29, 0.717) is 6.61 Å². The highest BCUT2D eigenvalue weighted by Gasteiger charge is 2.47. The normalized spacial score (nSPS) is 31.2. The highest BCUT2D eigenvalue weighted by Crippen LogP contribution is 2.26. The largest absolute Gasteiger partial charge is 0.457 e. The lowest BCUT2D eigenvalue weighted by Gasteiger charge is -2.42. The Morgan fingerprint density at radius 3 is 1.86 bits per heavy atom. The van der Waals surface area contributed by atoms with E-state index in [1.165, 1.54) is 12.8 Å². The first kappa shape index (κ1) is 44.4. The third-order valence-electron chi connectivity index (χ3n) is 8.47. The summed E-state index contributed by atoms with van der Waals surface area (Å²) in [6.07, 6.45) is 7.75. The fraction of sp³-hybridized carbons (Fsp3) is 0.806. The first-order valence-corrected chi connectivity index (χ1v) is 18.1. The third-order valence-corrected chi connectivity index (χ3v) is 8.47. The highest BCUT2D eigenvalue weighted by molar-refractivity contribution is 5.69. The van der Waals surface area contributed by atoms with Gasteiger partial charge in [0.05, 0.1) is 26.4 Å². The molecule has 0 aromatic carbocycles. The van der Waals surface area contributed by atoms with Crippen LogP contribution in [0.5, 0.6) is 0 Å². The Kier molecular flexibility index (Phi) is 23.1. The van der Waals surface area contributed by atoms with Gasteiger partial charge in [-0.1, -0.05) is 76.0 Å². The average molecular weight is 719 g/mol. The van der Waals surface area contributed by atoms with Gasteiger partial charge in [0.2, 0.25) is 0 Å². The minimum absolute atomic E-state index is 0.0420. The molecule has 0 aliphatic carbocycles. The smallest absolute Gasteiger partial charge is 0.305 e. The molecule has 7 N–H and O–H groups in total. The fourth-order valence-corrected chi connectivity index (χ4v) is 5.39. The molecular weight excluding hydrogens is 656 g/mol. The van der Waals surface area contributed by atoms with E-state index in [9.17, 15) is 40.5 Å². The van der Waals surface area contributed by atoms with E-state index in [1.54, 1.807) is 6.92 Å². The van der Waals surface area contributed by atoms with Gasteiger partial charge in [-0.25, -0.2) is 0 Å². The van der Waals surface area contributed by atoms with Crippen LogP contribution < -0.4 is 0 Å². The number of ether oxygens (including phenoxy) is 6. The third kappa shape index (κ3) is 16.3. The van der Waals surface area contributed by atoms with E-state index in [1.807, 2.05) is 0 Å². The van der Waals surface area contributed by atoms with E-state index in [0.717, 1.165) is 51.4 Å². The van der Waals surface area contributed by atoms with E-state index in [2.05, 4.69) is 43.4 Å². The second kappa shape index (κ2) is 26.0. The molecule has 11 atom stereocenters. The number of carbonyl (C=O) groups is 1. The lowest BCUT2D eigenvalue weighted by molar-refractivity contribution is -0.332. The number of unbranched alkanes of at least 4 members (excludes halogenated alkanes) is 6. The summed E-state index contributed by atoms with van der Waals surface area (Å²) in [4.78, 5) is 12.0. The lowest BCUT2D eigenvalue weighted by atomic mass is 9.98. The second-order valence-electron chi connectivity index (χ2n) is 12.6. The van der Waals surface area contributed by atoms with Crippen LogP contribution in [0.3, 0.4) is 0 Å². The molecule has 11 unspecified atom stereocenters. The molecule has 0 radical (unpaired) electrons. The van der Waals surface area contributed by atoms with Gasteiger partial charge in [-0.15, -0.1) is 0 Å². The van der Waals surface area contributed by atoms with Crippen molar-refractivity contribution < 1.29 is 69.0 Å². The van der Waals surface area contributed by atoms with Crippen LogP contribution in [0.15, 0.2) is 36.5 Å². The summed E-state index contributed by atoms with van der Waals surface area (Å²) < 4.78 is 33.2. The first-order chi connectivity index (χ1) is 24.1. The monoisotopic (exact) mass is 718 g/mol. The minimum atomic E-state index is -1.70. The Labute approximate surface area is 296 Å². The lowest BCUT2D eigenvalue weighted by Crippen LogP contribution is -2.61. The molecule has 0 bridgehead atoms. The average Bonchev–Trinajstić information content (AvgIpc) is 3.12.